The molecular formula is C10H17N3S. The fourth-order valence-electron chi connectivity index (χ4n) is 1.78. The molecule has 1 fully saturated rings. The number of aromatic nitrogens is 1. The second kappa shape index (κ2) is 4.28. The summed E-state index contributed by atoms with van der Waals surface area (Å²) in [5, 5.41) is 6.81. The quantitative estimate of drug-likeness (QED) is 0.803. The van der Waals surface area contributed by atoms with Crippen molar-refractivity contribution < 1.29 is 0 Å². The second-order valence-corrected chi connectivity index (χ2v) is 4.64. The minimum Gasteiger partial charge on any atom is -0.351 e. The van der Waals surface area contributed by atoms with Gasteiger partial charge in [-0.15, -0.1) is 11.3 Å². The Hall–Kier alpha value is -0.610. The van der Waals surface area contributed by atoms with Crippen LogP contribution >= 0.6 is 11.3 Å². The summed E-state index contributed by atoms with van der Waals surface area (Å²) in [5.41, 5.74) is 0. The summed E-state index contributed by atoms with van der Waals surface area (Å²) in [6, 6.07) is 0.565. The number of thiazole rings is 1. The van der Waals surface area contributed by atoms with E-state index in [1.165, 1.54) is 10.8 Å². The fraction of sp³-hybridized carbons (Fsp3) is 0.700. The van der Waals surface area contributed by atoms with Crippen molar-refractivity contribution in [2.45, 2.75) is 26.3 Å². The third kappa shape index (κ3) is 1.91. The minimum absolute atomic E-state index is 0.565. The average Bonchev–Trinajstić information content (AvgIpc) is 2.67. The van der Waals surface area contributed by atoms with Crippen molar-refractivity contribution in [3.8, 4) is 0 Å². The Morgan fingerprint density at radius 3 is 3.21 bits per heavy atom. The summed E-state index contributed by atoms with van der Waals surface area (Å²) in [7, 11) is 0. The number of nitrogens with one attached hydrogen (secondary N) is 1. The maximum absolute atomic E-state index is 4.62. The van der Waals surface area contributed by atoms with Crippen LogP contribution in [0.3, 0.4) is 0 Å². The van der Waals surface area contributed by atoms with Crippen molar-refractivity contribution in [1.82, 2.24) is 10.3 Å². The molecule has 4 heteroatoms. The summed E-state index contributed by atoms with van der Waals surface area (Å²) in [6.07, 6.45) is 1.05. The van der Waals surface area contributed by atoms with Crippen LogP contribution in [-0.2, 0) is 6.42 Å². The van der Waals surface area contributed by atoms with Crippen molar-refractivity contribution in [2.75, 3.05) is 24.5 Å². The van der Waals surface area contributed by atoms with Crippen molar-refractivity contribution in [3.05, 3.63) is 10.4 Å². The van der Waals surface area contributed by atoms with Gasteiger partial charge in [0.25, 0.3) is 0 Å². The number of nitrogens with zero attached hydrogens (tertiary/aromatic N) is 2. The highest BCUT2D eigenvalue weighted by molar-refractivity contribution is 7.10. The normalized spacial score (nSPS) is 22.7. The third-order valence-electron chi connectivity index (χ3n) is 2.64. The van der Waals surface area contributed by atoms with Crippen LogP contribution in [0.15, 0.2) is 5.38 Å². The van der Waals surface area contributed by atoms with E-state index in [4.69, 9.17) is 0 Å². The van der Waals surface area contributed by atoms with E-state index in [0.29, 0.717) is 6.04 Å². The lowest BCUT2D eigenvalue weighted by molar-refractivity contribution is 0.497. The van der Waals surface area contributed by atoms with Gasteiger partial charge in [-0.25, -0.2) is 4.98 Å². The van der Waals surface area contributed by atoms with E-state index < -0.39 is 0 Å². The standard InChI is InChI=1S/C10H17N3S/c1-3-10-12-9(7-14-10)13-5-4-11-6-8(13)2/h7-8,11H,3-6H2,1-2H3. The van der Waals surface area contributed by atoms with Crippen molar-refractivity contribution in [3.63, 3.8) is 0 Å². The van der Waals surface area contributed by atoms with Crippen molar-refractivity contribution in [1.29, 1.82) is 0 Å². The number of hydrogen-bond donors (Lipinski definition) is 1. The fourth-order valence-corrected chi connectivity index (χ4v) is 2.52. The van der Waals surface area contributed by atoms with E-state index in [1.54, 1.807) is 11.3 Å². The number of anilines is 1. The summed E-state index contributed by atoms with van der Waals surface area (Å²) < 4.78 is 0. The molecule has 1 saturated heterocycles. The first-order chi connectivity index (χ1) is 6.81. The van der Waals surface area contributed by atoms with Crippen LogP contribution in [0.25, 0.3) is 0 Å². The van der Waals surface area contributed by atoms with E-state index in [-0.39, 0.29) is 0 Å². The molecule has 78 valence electrons. The zero-order valence-corrected chi connectivity index (χ0v) is 9.60. The van der Waals surface area contributed by atoms with Gasteiger partial charge in [0.05, 0.1) is 5.01 Å². The topological polar surface area (TPSA) is 28.2 Å². The summed E-state index contributed by atoms with van der Waals surface area (Å²) in [5.74, 6) is 1.17. The zero-order valence-electron chi connectivity index (χ0n) is 8.79. The minimum atomic E-state index is 0.565. The predicted octanol–water partition coefficient (Wildman–Crippen LogP) is 1.50. The lowest BCUT2D eigenvalue weighted by Crippen LogP contribution is -2.50. The summed E-state index contributed by atoms with van der Waals surface area (Å²) in [6.45, 7) is 7.62. The molecule has 2 heterocycles. The maximum Gasteiger partial charge on any atom is 0.140 e. The highest BCUT2D eigenvalue weighted by Gasteiger charge is 2.19. The van der Waals surface area contributed by atoms with Crippen molar-refractivity contribution >= 4 is 17.2 Å². The second-order valence-electron chi connectivity index (χ2n) is 3.70. The average molecular weight is 211 g/mol. The molecule has 1 atom stereocenters. The molecule has 1 N–H and O–H groups in total. The molecule has 0 spiro atoms. The Kier molecular flexibility index (Phi) is 3.03. The van der Waals surface area contributed by atoms with Gasteiger partial charge in [0.2, 0.25) is 0 Å². The van der Waals surface area contributed by atoms with Crippen LogP contribution in [-0.4, -0.2) is 30.7 Å². The first-order valence-corrected chi connectivity index (χ1v) is 6.11. The highest BCUT2D eigenvalue weighted by Crippen LogP contribution is 2.21. The summed E-state index contributed by atoms with van der Waals surface area (Å²) in [4.78, 5) is 7.01. The van der Waals surface area contributed by atoms with E-state index in [0.717, 1.165) is 26.1 Å². The number of aryl methyl sites for hydroxylation is 1. The molecule has 1 aromatic rings. The van der Waals surface area contributed by atoms with Gasteiger partial charge >= 0.3 is 0 Å². The molecule has 0 amide bonds. The molecule has 0 aromatic carbocycles. The molecule has 1 aliphatic heterocycles. The third-order valence-corrected chi connectivity index (χ3v) is 3.62. The van der Waals surface area contributed by atoms with Crippen LogP contribution in [0.1, 0.15) is 18.9 Å². The monoisotopic (exact) mass is 211 g/mol. The first kappa shape index (κ1) is 9.93. The van der Waals surface area contributed by atoms with Gasteiger partial charge in [-0.05, 0) is 13.3 Å². The number of hydrogen-bond acceptors (Lipinski definition) is 4. The SMILES string of the molecule is CCc1nc(N2CCNCC2C)cs1. The molecule has 0 radical (unpaired) electrons. The Morgan fingerprint density at radius 2 is 2.57 bits per heavy atom. The lowest BCUT2D eigenvalue weighted by Gasteiger charge is -2.34. The Morgan fingerprint density at radius 1 is 1.71 bits per heavy atom. The van der Waals surface area contributed by atoms with Crippen LogP contribution < -0.4 is 10.2 Å². The highest BCUT2D eigenvalue weighted by atomic mass is 32.1. The maximum atomic E-state index is 4.62. The van der Waals surface area contributed by atoms with Gasteiger partial charge in [-0.3, -0.25) is 0 Å². The molecule has 3 nitrogen and oxygen atoms in total. The van der Waals surface area contributed by atoms with Crippen LogP contribution in [0.2, 0.25) is 0 Å². The molecule has 0 aliphatic carbocycles. The Balaban J connectivity index is 2.12. The predicted molar refractivity (Wildman–Crippen MR) is 61.2 cm³/mol. The molecule has 2 rings (SSSR count). The molecule has 1 aromatic heterocycles. The number of rotatable bonds is 2. The van der Waals surface area contributed by atoms with E-state index in [9.17, 15) is 0 Å². The molecule has 0 saturated carbocycles. The summed E-state index contributed by atoms with van der Waals surface area (Å²) >= 11 is 1.77. The van der Waals surface area contributed by atoms with Gasteiger partial charge in [-0.2, -0.15) is 0 Å². The van der Waals surface area contributed by atoms with Gasteiger partial charge in [0.15, 0.2) is 0 Å². The molecule has 1 aliphatic rings. The van der Waals surface area contributed by atoms with Gasteiger partial charge in [0, 0.05) is 31.1 Å². The van der Waals surface area contributed by atoms with E-state index in [1.807, 2.05) is 0 Å². The van der Waals surface area contributed by atoms with Gasteiger partial charge in [0.1, 0.15) is 5.82 Å². The van der Waals surface area contributed by atoms with Crippen LogP contribution in [0.5, 0.6) is 0 Å². The van der Waals surface area contributed by atoms with Crippen LogP contribution in [0, 0.1) is 0 Å². The van der Waals surface area contributed by atoms with E-state index >= 15 is 0 Å². The van der Waals surface area contributed by atoms with E-state index in [2.05, 4.69) is 34.4 Å². The molecule has 14 heavy (non-hydrogen) atoms. The number of piperazine rings is 1. The van der Waals surface area contributed by atoms with Crippen LogP contribution in [0.4, 0.5) is 5.82 Å². The molecule has 1 unspecified atom stereocenters. The first-order valence-electron chi connectivity index (χ1n) is 5.23. The molecule has 0 bridgehead atoms. The van der Waals surface area contributed by atoms with Gasteiger partial charge < -0.3 is 10.2 Å². The smallest absolute Gasteiger partial charge is 0.140 e. The Bertz CT molecular complexity index is 297. The molecular weight excluding hydrogens is 194 g/mol. The zero-order chi connectivity index (χ0) is 9.97. The largest absolute Gasteiger partial charge is 0.351 e. The van der Waals surface area contributed by atoms with Gasteiger partial charge in [-0.1, -0.05) is 6.92 Å². The van der Waals surface area contributed by atoms with Crippen molar-refractivity contribution in [2.24, 2.45) is 0 Å². The Labute approximate surface area is 89.1 Å². The lowest BCUT2D eigenvalue weighted by atomic mass is 10.2.